The predicted molar refractivity (Wildman–Crippen MR) is 60.9 cm³/mol. The Morgan fingerprint density at radius 3 is 2.80 bits per heavy atom. The number of fused-ring (bicyclic) bond motifs is 1. The Hall–Kier alpha value is -1.70. The molecule has 2 heteroatoms. The molecule has 76 valence electrons. The lowest BCUT2D eigenvalue weighted by atomic mass is 10.00. The number of rotatable bonds is 2. The van der Waals surface area contributed by atoms with E-state index in [0.29, 0.717) is 0 Å². The molecule has 0 aliphatic carbocycles. The van der Waals surface area contributed by atoms with E-state index in [4.69, 9.17) is 0 Å². The van der Waals surface area contributed by atoms with Gasteiger partial charge in [0.25, 0.3) is 0 Å². The molecule has 2 rings (SSSR count). The Bertz CT molecular complexity index is 503. The van der Waals surface area contributed by atoms with Gasteiger partial charge in [-0.05, 0) is 24.3 Å². The number of nitrogens with zero attached hydrogens (tertiary/aromatic N) is 1. The summed E-state index contributed by atoms with van der Waals surface area (Å²) in [4.78, 5) is 16.0. The zero-order chi connectivity index (χ0) is 10.8. The molecular weight excluding hydrogens is 186 g/mol. The van der Waals surface area contributed by atoms with Crippen LogP contribution in [0.2, 0.25) is 0 Å². The van der Waals surface area contributed by atoms with Gasteiger partial charge in [-0.15, -0.1) is 0 Å². The van der Waals surface area contributed by atoms with Crippen LogP contribution in [-0.2, 0) is 0 Å². The summed E-state index contributed by atoms with van der Waals surface area (Å²) >= 11 is 0. The summed E-state index contributed by atoms with van der Waals surface area (Å²) in [5, 5.41) is 1.02. The van der Waals surface area contributed by atoms with Crippen molar-refractivity contribution < 1.29 is 4.79 Å². The SMILES string of the molecule is CC(C)C(=O)c1ccc2ncccc2c1. The fraction of sp³-hybridized carbons (Fsp3) is 0.231. The average Bonchev–Trinajstić information content (AvgIpc) is 2.27. The molecule has 0 amide bonds. The zero-order valence-corrected chi connectivity index (χ0v) is 8.90. The summed E-state index contributed by atoms with van der Waals surface area (Å²) in [6.07, 6.45) is 1.76. The molecule has 0 saturated heterocycles. The number of hydrogen-bond acceptors (Lipinski definition) is 2. The molecular formula is C13H13NO. The van der Waals surface area contributed by atoms with E-state index in [-0.39, 0.29) is 11.7 Å². The van der Waals surface area contributed by atoms with E-state index in [1.165, 1.54) is 0 Å². The van der Waals surface area contributed by atoms with Crippen LogP contribution in [0.4, 0.5) is 0 Å². The van der Waals surface area contributed by atoms with Gasteiger partial charge in [0.2, 0.25) is 0 Å². The molecule has 0 saturated carbocycles. The van der Waals surface area contributed by atoms with Crippen LogP contribution in [0, 0.1) is 5.92 Å². The van der Waals surface area contributed by atoms with Crippen LogP contribution in [0.15, 0.2) is 36.5 Å². The second kappa shape index (κ2) is 3.81. The first-order valence-corrected chi connectivity index (χ1v) is 5.07. The molecule has 2 aromatic rings. The van der Waals surface area contributed by atoms with Crippen LogP contribution in [0.5, 0.6) is 0 Å². The van der Waals surface area contributed by atoms with E-state index < -0.39 is 0 Å². The monoisotopic (exact) mass is 199 g/mol. The molecule has 1 heterocycles. The van der Waals surface area contributed by atoms with Gasteiger partial charge in [-0.2, -0.15) is 0 Å². The highest BCUT2D eigenvalue weighted by molar-refractivity contribution is 6.00. The smallest absolute Gasteiger partial charge is 0.165 e. The van der Waals surface area contributed by atoms with Crippen LogP contribution in [-0.4, -0.2) is 10.8 Å². The van der Waals surface area contributed by atoms with Gasteiger partial charge in [0.15, 0.2) is 5.78 Å². The number of aromatic nitrogens is 1. The quantitative estimate of drug-likeness (QED) is 0.696. The lowest BCUT2D eigenvalue weighted by molar-refractivity contribution is 0.0939. The van der Waals surface area contributed by atoms with Crippen molar-refractivity contribution in [1.29, 1.82) is 0 Å². The van der Waals surface area contributed by atoms with Crippen molar-refractivity contribution in [3.8, 4) is 0 Å². The standard InChI is InChI=1S/C13H13NO/c1-9(2)13(15)11-5-6-12-10(8-11)4-3-7-14-12/h3-9H,1-2H3. The van der Waals surface area contributed by atoms with E-state index in [9.17, 15) is 4.79 Å². The van der Waals surface area contributed by atoms with Gasteiger partial charge >= 0.3 is 0 Å². The number of pyridine rings is 1. The van der Waals surface area contributed by atoms with Crippen LogP contribution in [0.3, 0.4) is 0 Å². The topological polar surface area (TPSA) is 30.0 Å². The highest BCUT2D eigenvalue weighted by Gasteiger charge is 2.10. The lowest BCUT2D eigenvalue weighted by Gasteiger charge is -2.04. The molecule has 0 fully saturated rings. The highest BCUT2D eigenvalue weighted by atomic mass is 16.1. The molecule has 0 unspecified atom stereocenters. The van der Waals surface area contributed by atoms with Gasteiger partial charge in [0.1, 0.15) is 0 Å². The fourth-order valence-electron chi connectivity index (χ4n) is 1.56. The van der Waals surface area contributed by atoms with Crippen molar-refractivity contribution in [3.05, 3.63) is 42.1 Å². The third-order valence-corrected chi connectivity index (χ3v) is 2.41. The highest BCUT2D eigenvalue weighted by Crippen LogP contribution is 2.15. The normalized spacial score (nSPS) is 10.9. The predicted octanol–water partition coefficient (Wildman–Crippen LogP) is 3.07. The van der Waals surface area contributed by atoms with Crippen molar-refractivity contribution in [2.45, 2.75) is 13.8 Å². The number of hydrogen-bond donors (Lipinski definition) is 0. The Kier molecular flexibility index (Phi) is 2.50. The van der Waals surface area contributed by atoms with Crippen molar-refractivity contribution in [3.63, 3.8) is 0 Å². The average molecular weight is 199 g/mol. The van der Waals surface area contributed by atoms with Crippen molar-refractivity contribution >= 4 is 16.7 Å². The van der Waals surface area contributed by atoms with E-state index in [2.05, 4.69) is 4.98 Å². The first-order chi connectivity index (χ1) is 7.18. The molecule has 0 spiro atoms. The van der Waals surface area contributed by atoms with Gasteiger partial charge in [-0.1, -0.05) is 19.9 Å². The number of benzene rings is 1. The summed E-state index contributed by atoms with van der Waals surface area (Å²) in [6, 6.07) is 9.50. The summed E-state index contributed by atoms with van der Waals surface area (Å²) in [6.45, 7) is 3.82. The fourth-order valence-corrected chi connectivity index (χ4v) is 1.56. The summed E-state index contributed by atoms with van der Waals surface area (Å²) in [7, 11) is 0. The molecule has 1 aromatic carbocycles. The van der Waals surface area contributed by atoms with Crippen molar-refractivity contribution in [2.75, 3.05) is 0 Å². The summed E-state index contributed by atoms with van der Waals surface area (Å²) < 4.78 is 0. The second-order valence-electron chi connectivity index (χ2n) is 3.93. The molecule has 0 atom stereocenters. The Morgan fingerprint density at radius 2 is 2.07 bits per heavy atom. The molecule has 0 aliphatic heterocycles. The maximum absolute atomic E-state index is 11.8. The first kappa shape index (κ1) is 9.84. The molecule has 15 heavy (non-hydrogen) atoms. The lowest BCUT2D eigenvalue weighted by Crippen LogP contribution is -2.06. The van der Waals surface area contributed by atoms with E-state index in [1.807, 2.05) is 44.2 Å². The molecule has 2 nitrogen and oxygen atoms in total. The van der Waals surface area contributed by atoms with Gasteiger partial charge in [-0.3, -0.25) is 9.78 Å². The Morgan fingerprint density at radius 1 is 1.27 bits per heavy atom. The Balaban J connectivity index is 2.52. The minimum atomic E-state index is 0.0409. The third kappa shape index (κ3) is 1.89. The molecule has 0 aliphatic rings. The number of ketones is 1. The van der Waals surface area contributed by atoms with E-state index in [0.717, 1.165) is 16.5 Å². The van der Waals surface area contributed by atoms with Gasteiger partial charge in [-0.25, -0.2) is 0 Å². The number of carbonyl (C=O) groups is 1. The third-order valence-electron chi connectivity index (χ3n) is 2.41. The van der Waals surface area contributed by atoms with Crippen LogP contribution < -0.4 is 0 Å². The van der Waals surface area contributed by atoms with Gasteiger partial charge < -0.3 is 0 Å². The maximum atomic E-state index is 11.8. The van der Waals surface area contributed by atoms with Crippen LogP contribution in [0.1, 0.15) is 24.2 Å². The molecule has 0 radical (unpaired) electrons. The summed E-state index contributed by atoms with van der Waals surface area (Å²) in [5.74, 6) is 0.222. The first-order valence-electron chi connectivity index (χ1n) is 5.07. The van der Waals surface area contributed by atoms with Crippen molar-refractivity contribution in [1.82, 2.24) is 4.98 Å². The minimum Gasteiger partial charge on any atom is -0.294 e. The maximum Gasteiger partial charge on any atom is 0.165 e. The zero-order valence-electron chi connectivity index (χ0n) is 8.90. The molecule has 0 bridgehead atoms. The minimum absolute atomic E-state index is 0.0409. The van der Waals surface area contributed by atoms with Crippen LogP contribution >= 0.6 is 0 Å². The van der Waals surface area contributed by atoms with Crippen LogP contribution in [0.25, 0.3) is 10.9 Å². The second-order valence-corrected chi connectivity index (χ2v) is 3.93. The van der Waals surface area contributed by atoms with E-state index >= 15 is 0 Å². The van der Waals surface area contributed by atoms with Gasteiger partial charge in [0.05, 0.1) is 5.52 Å². The van der Waals surface area contributed by atoms with Gasteiger partial charge in [0, 0.05) is 23.1 Å². The Labute approximate surface area is 89.0 Å². The number of Topliss-reactive ketones (excluding diaryl/α,β-unsaturated/α-hetero) is 1. The molecule has 0 N–H and O–H groups in total. The summed E-state index contributed by atoms with van der Waals surface area (Å²) in [5.41, 5.74) is 1.70. The molecule has 1 aromatic heterocycles. The van der Waals surface area contributed by atoms with Crippen molar-refractivity contribution in [2.24, 2.45) is 5.92 Å². The number of carbonyl (C=O) groups excluding carboxylic acids is 1. The van der Waals surface area contributed by atoms with E-state index in [1.54, 1.807) is 6.20 Å². The largest absolute Gasteiger partial charge is 0.294 e.